The summed E-state index contributed by atoms with van der Waals surface area (Å²) < 4.78 is 5.33. The standard InChI is InChI=1S/C14H20N2O2/c1-10-4-5-12(13(8-10)15-2)14(17)16(3)11-6-7-18-9-11/h4-5,8,11,15H,6-7,9H2,1-3H3. The van der Waals surface area contributed by atoms with E-state index in [-0.39, 0.29) is 11.9 Å². The molecule has 0 saturated carbocycles. The maximum atomic E-state index is 12.5. The van der Waals surface area contributed by atoms with Crippen molar-refractivity contribution >= 4 is 11.6 Å². The number of nitrogens with one attached hydrogen (secondary N) is 1. The number of ether oxygens (including phenoxy) is 1. The van der Waals surface area contributed by atoms with E-state index in [9.17, 15) is 4.79 Å². The molecule has 1 amide bonds. The number of amides is 1. The van der Waals surface area contributed by atoms with Crippen molar-refractivity contribution in [1.29, 1.82) is 0 Å². The summed E-state index contributed by atoms with van der Waals surface area (Å²) in [5, 5.41) is 3.08. The van der Waals surface area contributed by atoms with Gasteiger partial charge in [-0.2, -0.15) is 0 Å². The molecule has 0 radical (unpaired) electrons. The number of hydrogen-bond acceptors (Lipinski definition) is 3. The fraction of sp³-hybridized carbons (Fsp3) is 0.500. The van der Waals surface area contributed by atoms with Crippen molar-refractivity contribution in [2.75, 3.05) is 32.6 Å². The first kappa shape index (κ1) is 12.9. The Hall–Kier alpha value is -1.55. The largest absolute Gasteiger partial charge is 0.387 e. The Bertz CT molecular complexity index is 439. The molecule has 0 bridgehead atoms. The highest BCUT2D eigenvalue weighted by molar-refractivity contribution is 5.99. The minimum absolute atomic E-state index is 0.0508. The third-order valence-corrected chi connectivity index (χ3v) is 3.45. The molecule has 0 aliphatic carbocycles. The van der Waals surface area contributed by atoms with Crippen LogP contribution in [0, 0.1) is 6.92 Å². The highest BCUT2D eigenvalue weighted by atomic mass is 16.5. The first-order valence-corrected chi connectivity index (χ1v) is 6.27. The van der Waals surface area contributed by atoms with Crippen LogP contribution < -0.4 is 5.32 Å². The molecule has 1 N–H and O–H groups in total. The summed E-state index contributed by atoms with van der Waals surface area (Å²) in [5.74, 6) is 0.0508. The lowest BCUT2D eigenvalue weighted by molar-refractivity contribution is 0.0712. The maximum absolute atomic E-state index is 12.5. The zero-order valence-electron chi connectivity index (χ0n) is 11.2. The average Bonchev–Trinajstić information content (AvgIpc) is 2.90. The zero-order chi connectivity index (χ0) is 13.1. The van der Waals surface area contributed by atoms with Crippen molar-refractivity contribution in [2.45, 2.75) is 19.4 Å². The number of likely N-dealkylation sites (N-methyl/N-ethyl adjacent to an activating group) is 1. The second-order valence-corrected chi connectivity index (χ2v) is 4.73. The van der Waals surface area contributed by atoms with Crippen LogP contribution in [0.4, 0.5) is 5.69 Å². The smallest absolute Gasteiger partial charge is 0.256 e. The molecule has 1 fully saturated rings. The van der Waals surface area contributed by atoms with E-state index in [2.05, 4.69) is 5.32 Å². The van der Waals surface area contributed by atoms with Crippen molar-refractivity contribution in [3.05, 3.63) is 29.3 Å². The summed E-state index contributed by atoms with van der Waals surface area (Å²) in [6, 6.07) is 6.04. The van der Waals surface area contributed by atoms with Gasteiger partial charge in [-0.3, -0.25) is 4.79 Å². The molecule has 1 aromatic rings. The van der Waals surface area contributed by atoms with Gasteiger partial charge in [0.2, 0.25) is 0 Å². The second kappa shape index (κ2) is 5.40. The van der Waals surface area contributed by atoms with Gasteiger partial charge in [0.1, 0.15) is 0 Å². The average molecular weight is 248 g/mol. The van der Waals surface area contributed by atoms with Gasteiger partial charge in [-0.25, -0.2) is 0 Å². The van der Waals surface area contributed by atoms with Gasteiger partial charge in [0.15, 0.2) is 0 Å². The number of anilines is 1. The second-order valence-electron chi connectivity index (χ2n) is 4.73. The lowest BCUT2D eigenvalue weighted by Crippen LogP contribution is -2.37. The summed E-state index contributed by atoms with van der Waals surface area (Å²) in [5.41, 5.74) is 2.74. The predicted octanol–water partition coefficient (Wildman–Crippen LogP) is 1.90. The van der Waals surface area contributed by atoms with Crippen molar-refractivity contribution < 1.29 is 9.53 Å². The lowest BCUT2D eigenvalue weighted by atomic mass is 10.1. The summed E-state index contributed by atoms with van der Waals surface area (Å²) in [6.45, 7) is 3.40. The summed E-state index contributed by atoms with van der Waals surface area (Å²) >= 11 is 0. The normalized spacial score (nSPS) is 18.7. The molecule has 1 heterocycles. The van der Waals surface area contributed by atoms with Gasteiger partial charge in [-0.15, -0.1) is 0 Å². The first-order valence-electron chi connectivity index (χ1n) is 6.27. The number of rotatable bonds is 3. The van der Waals surface area contributed by atoms with Crippen LogP contribution in [0.3, 0.4) is 0 Å². The molecule has 0 spiro atoms. The third-order valence-electron chi connectivity index (χ3n) is 3.45. The Morgan fingerprint density at radius 1 is 1.50 bits per heavy atom. The SMILES string of the molecule is CNc1cc(C)ccc1C(=O)N(C)C1CCOC1. The molecule has 1 atom stereocenters. The maximum Gasteiger partial charge on any atom is 0.256 e. The summed E-state index contributed by atoms with van der Waals surface area (Å²) in [4.78, 5) is 14.2. The minimum atomic E-state index is 0.0508. The van der Waals surface area contributed by atoms with Crippen LogP contribution >= 0.6 is 0 Å². The molecule has 4 nitrogen and oxygen atoms in total. The quantitative estimate of drug-likeness (QED) is 0.888. The molecular weight excluding hydrogens is 228 g/mol. The Balaban J connectivity index is 2.22. The van der Waals surface area contributed by atoms with Crippen LogP contribution in [0.1, 0.15) is 22.3 Å². The highest BCUT2D eigenvalue weighted by Crippen LogP contribution is 2.21. The van der Waals surface area contributed by atoms with E-state index in [4.69, 9.17) is 4.74 Å². The van der Waals surface area contributed by atoms with Crippen molar-refractivity contribution in [1.82, 2.24) is 4.90 Å². The highest BCUT2D eigenvalue weighted by Gasteiger charge is 2.26. The molecular formula is C14H20N2O2. The number of aryl methyl sites for hydroxylation is 1. The molecule has 1 aliphatic rings. The molecule has 98 valence electrons. The Morgan fingerprint density at radius 2 is 2.28 bits per heavy atom. The number of carbonyl (C=O) groups excluding carboxylic acids is 1. The zero-order valence-corrected chi connectivity index (χ0v) is 11.2. The predicted molar refractivity (Wildman–Crippen MR) is 72.0 cm³/mol. The van der Waals surface area contributed by atoms with E-state index in [1.807, 2.05) is 39.2 Å². The van der Waals surface area contributed by atoms with Crippen LogP contribution in [-0.4, -0.2) is 44.2 Å². The van der Waals surface area contributed by atoms with Gasteiger partial charge in [0, 0.05) is 26.4 Å². The molecule has 1 aliphatic heterocycles. The van der Waals surface area contributed by atoms with E-state index >= 15 is 0 Å². The van der Waals surface area contributed by atoms with Crippen molar-refractivity contribution in [3.63, 3.8) is 0 Å². The van der Waals surface area contributed by atoms with Crippen LogP contribution in [0.15, 0.2) is 18.2 Å². The van der Waals surface area contributed by atoms with E-state index in [1.54, 1.807) is 4.90 Å². The topological polar surface area (TPSA) is 41.6 Å². The minimum Gasteiger partial charge on any atom is -0.387 e. The number of benzene rings is 1. The van der Waals surface area contributed by atoms with Gasteiger partial charge in [-0.05, 0) is 31.0 Å². The number of hydrogen-bond donors (Lipinski definition) is 1. The third kappa shape index (κ3) is 2.48. The van der Waals surface area contributed by atoms with Gasteiger partial charge in [0.05, 0.1) is 18.2 Å². The summed E-state index contributed by atoms with van der Waals surface area (Å²) in [7, 11) is 3.69. The van der Waals surface area contributed by atoms with E-state index < -0.39 is 0 Å². The summed E-state index contributed by atoms with van der Waals surface area (Å²) in [6.07, 6.45) is 0.920. The van der Waals surface area contributed by atoms with Crippen molar-refractivity contribution in [3.8, 4) is 0 Å². The first-order chi connectivity index (χ1) is 8.63. The monoisotopic (exact) mass is 248 g/mol. The molecule has 18 heavy (non-hydrogen) atoms. The molecule has 1 aromatic carbocycles. The van der Waals surface area contributed by atoms with Crippen LogP contribution in [0.25, 0.3) is 0 Å². The molecule has 2 rings (SSSR count). The van der Waals surface area contributed by atoms with Crippen LogP contribution in [0.2, 0.25) is 0 Å². The van der Waals surface area contributed by atoms with E-state index in [0.29, 0.717) is 6.61 Å². The molecule has 4 heteroatoms. The Labute approximate surface area is 108 Å². The Morgan fingerprint density at radius 3 is 2.89 bits per heavy atom. The van der Waals surface area contributed by atoms with Crippen LogP contribution in [-0.2, 0) is 4.74 Å². The fourth-order valence-corrected chi connectivity index (χ4v) is 2.23. The number of nitrogens with zero attached hydrogens (tertiary/aromatic N) is 1. The molecule has 0 aromatic heterocycles. The van der Waals surface area contributed by atoms with E-state index in [0.717, 1.165) is 29.8 Å². The van der Waals surface area contributed by atoms with Gasteiger partial charge in [0.25, 0.3) is 5.91 Å². The van der Waals surface area contributed by atoms with E-state index in [1.165, 1.54) is 0 Å². The van der Waals surface area contributed by atoms with Crippen LogP contribution in [0.5, 0.6) is 0 Å². The van der Waals surface area contributed by atoms with Gasteiger partial charge < -0.3 is 15.0 Å². The molecule has 1 unspecified atom stereocenters. The van der Waals surface area contributed by atoms with Gasteiger partial charge in [-0.1, -0.05) is 6.07 Å². The van der Waals surface area contributed by atoms with Gasteiger partial charge >= 0.3 is 0 Å². The van der Waals surface area contributed by atoms with Crippen molar-refractivity contribution in [2.24, 2.45) is 0 Å². The lowest BCUT2D eigenvalue weighted by Gasteiger charge is -2.24. The fourth-order valence-electron chi connectivity index (χ4n) is 2.23. The number of carbonyl (C=O) groups is 1. The molecule has 1 saturated heterocycles. The Kier molecular flexibility index (Phi) is 3.87.